The highest BCUT2D eigenvalue weighted by molar-refractivity contribution is 9.10. The summed E-state index contributed by atoms with van der Waals surface area (Å²) in [4.78, 5) is 25.3. The van der Waals surface area contributed by atoms with Gasteiger partial charge in [0.15, 0.2) is 0 Å². The second kappa shape index (κ2) is 7.13. The van der Waals surface area contributed by atoms with Gasteiger partial charge in [0, 0.05) is 17.6 Å². The van der Waals surface area contributed by atoms with Gasteiger partial charge < -0.3 is 14.7 Å². The molecule has 6 heteroatoms. The van der Waals surface area contributed by atoms with Gasteiger partial charge >= 0.3 is 5.97 Å². The molecule has 2 unspecified atom stereocenters. The van der Waals surface area contributed by atoms with Crippen LogP contribution in [0.2, 0.25) is 0 Å². The molecule has 0 spiro atoms. The van der Waals surface area contributed by atoms with Crippen molar-refractivity contribution in [2.24, 2.45) is 11.8 Å². The lowest BCUT2D eigenvalue weighted by atomic mass is 9.87. The van der Waals surface area contributed by atoms with Crippen molar-refractivity contribution in [1.29, 1.82) is 0 Å². The van der Waals surface area contributed by atoms with E-state index >= 15 is 0 Å². The number of hydrogen-bond donors (Lipinski definition) is 1. The first-order valence-electron chi connectivity index (χ1n) is 7.25. The van der Waals surface area contributed by atoms with Crippen LogP contribution in [0, 0.1) is 11.8 Å². The maximum Gasteiger partial charge on any atom is 0.306 e. The van der Waals surface area contributed by atoms with E-state index in [4.69, 9.17) is 9.84 Å². The largest absolute Gasteiger partial charge is 0.497 e. The van der Waals surface area contributed by atoms with Crippen molar-refractivity contribution in [2.45, 2.75) is 19.8 Å². The number of carbonyl (C=O) groups is 2. The summed E-state index contributed by atoms with van der Waals surface area (Å²) in [5, 5.41) is 9.14. The van der Waals surface area contributed by atoms with Crippen molar-refractivity contribution in [3.05, 3.63) is 28.2 Å². The Balaban J connectivity index is 2.03. The molecule has 1 amide bonds. The molecule has 1 heterocycles. The minimum absolute atomic E-state index is 0.0182. The van der Waals surface area contributed by atoms with Crippen molar-refractivity contribution in [1.82, 2.24) is 4.90 Å². The molecule has 1 aromatic rings. The number of piperidine rings is 1. The van der Waals surface area contributed by atoms with E-state index in [0.717, 1.165) is 10.0 Å². The molecule has 5 nitrogen and oxygen atoms in total. The van der Waals surface area contributed by atoms with Gasteiger partial charge in [0.25, 0.3) is 0 Å². The molecule has 22 heavy (non-hydrogen) atoms. The minimum atomic E-state index is -0.768. The van der Waals surface area contributed by atoms with E-state index in [1.54, 1.807) is 12.0 Å². The van der Waals surface area contributed by atoms with Crippen LogP contribution < -0.4 is 4.74 Å². The van der Waals surface area contributed by atoms with Gasteiger partial charge in [0.05, 0.1) is 19.4 Å². The van der Waals surface area contributed by atoms with Crippen molar-refractivity contribution in [2.75, 3.05) is 20.2 Å². The van der Waals surface area contributed by atoms with Gasteiger partial charge in [-0.05, 0) is 36.1 Å². The number of likely N-dealkylation sites (tertiary alicyclic amines) is 1. The maximum absolute atomic E-state index is 12.5. The molecule has 1 saturated heterocycles. The van der Waals surface area contributed by atoms with Crippen molar-refractivity contribution >= 4 is 27.8 Å². The summed E-state index contributed by atoms with van der Waals surface area (Å²) in [6, 6.07) is 5.54. The molecule has 0 aliphatic carbocycles. The number of rotatable bonds is 4. The zero-order chi connectivity index (χ0) is 16.3. The van der Waals surface area contributed by atoms with Gasteiger partial charge in [-0.2, -0.15) is 0 Å². The molecule has 2 atom stereocenters. The summed E-state index contributed by atoms with van der Waals surface area (Å²) in [7, 11) is 1.59. The zero-order valence-electron chi connectivity index (χ0n) is 12.7. The Bertz CT molecular complexity index is 575. The van der Waals surface area contributed by atoms with Crippen molar-refractivity contribution < 1.29 is 19.4 Å². The highest BCUT2D eigenvalue weighted by Gasteiger charge is 2.32. The predicted octanol–water partition coefficient (Wildman–Crippen LogP) is 2.57. The molecule has 1 aliphatic rings. The minimum Gasteiger partial charge on any atom is -0.497 e. The average molecular weight is 370 g/mol. The summed E-state index contributed by atoms with van der Waals surface area (Å²) in [6.45, 7) is 2.89. The van der Waals surface area contributed by atoms with Crippen molar-refractivity contribution in [3.63, 3.8) is 0 Å². The fourth-order valence-corrected chi connectivity index (χ4v) is 3.21. The summed E-state index contributed by atoms with van der Waals surface area (Å²) in [6.07, 6.45) is 0.795. The van der Waals surface area contributed by atoms with E-state index in [9.17, 15) is 9.59 Å². The number of hydrogen-bond acceptors (Lipinski definition) is 3. The summed E-state index contributed by atoms with van der Waals surface area (Å²) in [5.41, 5.74) is 0.873. The number of benzene rings is 1. The van der Waals surface area contributed by atoms with Gasteiger partial charge in [0.1, 0.15) is 5.75 Å². The first-order chi connectivity index (χ1) is 10.4. The molecule has 1 fully saturated rings. The second-order valence-corrected chi connectivity index (χ2v) is 6.54. The highest BCUT2D eigenvalue weighted by Crippen LogP contribution is 2.26. The van der Waals surface area contributed by atoms with E-state index in [2.05, 4.69) is 15.9 Å². The Morgan fingerprint density at radius 1 is 1.45 bits per heavy atom. The second-order valence-electron chi connectivity index (χ2n) is 5.68. The highest BCUT2D eigenvalue weighted by atomic mass is 79.9. The van der Waals surface area contributed by atoms with Crippen LogP contribution in [0.5, 0.6) is 5.75 Å². The van der Waals surface area contributed by atoms with Crippen LogP contribution in [0.25, 0.3) is 0 Å². The fraction of sp³-hybridized carbons (Fsp3) is 0.500. The molecule has 1 N–H and O–H groups in total. The zero-order valence-corrected chi connectivity index (χ0v) is 14.3. The smallest absolute Gasteiger partial charge is 0.306 e. The number of aliphatic carboxylic acids is 1. The topological polar surface area (TPSA) is 66.8 Å². The van der Waals surface area contributed by atoms with E-state index in [1.807, 2.05) is 25.1 Å². The third-order valence-corrected chi connectivity index (χ3v) is 4.94. The van der Waals surface area contributed by atoms with Crippen LogP contribution >= 0.6 is 15.9 Å². The molecule has 0 radical (unpaired) electrons. The quantitative estimate of drug-likeness (QED) is 0.885. The molecule has 2 rings (SSSR count). The monoisotopic (exact) mass is 369 g/mol. The van der Waals surface area contributed by atoms with E-state index in [0.29, 0.717) is 25.3 Å². The molecule has 0 aromatic heterocycles. The van der Waals surface area contributed by atoms with Gasteiger partial charge in [-0.25, -0.2) is 0 Å². The number of carboxylic acids is 1. The number of methoxy groups -OCH3 is 1. The Labute approximate surface area is 138 Å². The molecule has 0 bridgehead atoms. The Morgan fingerprint density at radius 3 is 2.77 bits per heavy atom. The SMILES string of the molecule is COc1ccc(Br)c(CC(=O)N2CCC(C(=O)O)C(C)C2)c1. The van der Waals surface area contributed by atoms with E-state index in [1.165, 1.54) is 0 Å². The number of halogens is 1. The van der Waals surface area contributed by atoms with Crippen LogP contribution in [0.15, 0.2) is 22.7 Å². The third kappa shape index (κ3) is 3.80. The molecule has 120 valence electrons. The van der Waals surface area contributed by atoms with Crippen LogP contribution in [0.4, 0.5) is 0 Å². The third-order valence-electron chi connectivity index (χ3n) is 4.17. The standard InChI is InChI=1S/C16H20BrNO4/c1-10-9-18(6-5-13(10)16(20)21)15(19)8-11-7-12(22-2)3-4-14(11)17/h3-4,7,10,13H,5-6,8-9H2,1-2H3,(H,20,21). The van der Waals surface area contributed by atoms with Crippen LogP contribution in [0.3, 0.4) is 0 Å². The number of amides is 1. The van der Waals surface area contributed by atoms with Crippen LogP contribution in [-0.4, -0.2) is 42.1 Å². The Kier molecular flexibility index (Phi) is 5.45. The molecule has 0 saturated carbocycles. The predicted molar refractivity (Wildman–Crippen MR) is 85.9 cm³/mol. The average Bonchev–Trinajstić information content (AvgIpc) is 2.48. The van der Waals surface area contributed by atoms with E-state index in [-0.39, 0.29) is 24.2 Å². The lowest BCUT2D eigenvalue weighted by Gasteiger charge is -2.35. The van der Waals surface area contributed by atoms with Gasteiger partial charge in [-0.15, -0.1) is 0 Å². The number of ether oxygens (including phenoxy) is 1. The summed E-state index contributed by atoms with van der Waals surface area (Å²) >= 11 is 3.45. The fourth-order valence-electron chi connectivity index (χ4n) is 2.83. The van der Waals surface area contributed by atoms with Crippen LogP contribution in [0.1, 0.15) is 18.9 Å². The van der Waals surface area contributed by atoms with Gasteiger partial charge in [-0.3, -0.25) is 9.59 Å². The lowest BCUT2D eigenvalue weighted by molar-refractivity contribution is -0.148. The van der Waals surface area contributed by atoms with Gasteiger partial charge in [0.2, 0.25) is 5.91 Å². The lowest BCUT2D eigenvalue weighted by Crippen LogP contribution is -2.45. The summed E-state index contributed by atoms with van der Waals surface area (Å²) < 4.78 is 6.05. The first-order valence-corrected chi connectivity index (χ1v) is 8.04. The number of carboxylic acid groups (broad SMARTS) is 1. The number of carbonyl (C=O) groups excluding carboxylic acids is 1. The summed E-state index contributed by atoms with van der Waals surface area (Å²) in [5.74, 6) is -0.416. The number of nitrogens with zero attached hydrogens (tertiary/aromatic N) is 1. The molecule has 1 aliphatic heterocycles. The van der Waals surface area contributed by atoms with E-state index < -0.39 is 5.97 Å². The van der Waals surface area contributed by atoms with Crippen LogP contribution in [-0.2, 0) is 16.0 Å². The molecule has 1 aromatic carbocycles. The Morgan fingerprint density at radius 2 is 2.18 bits per heavy atom. The maximum atomic E-state index is 12.5. The Hall–Kier alpha value is -1.56. The first kappa shape index (κ1) is 16.8. The van der Waals surface area contributed by atoms with Gasteiger partial charge in [-0.1, -0.05) is 22.9 Å². The molecular formula is C16H20BrNO4. The van der Waals surface area contributed by atoms with Crippen molar-refractivity contribution in [3.8, 4) is 5.75 Å². The normalized spacial score (nSPS) is 21.5. The molecular weight excluding hydrogens is 350 g/mol.